The third-order valence-corrected chi connectivity index (χ3v) is 3.76. The number of thiophene rings is 1. The van der Waals surface area contributed by atoms with E-state index in [4.69, 9.17) is 4.74 Å². The highest BCUT2D eigenvalue weighted by molar-refractivity contribution is 7.13. The Balaban J connectivity index is 2.64. The van der Waals surface area contributed by atoms with Gasteiger partial charge in [0.25, 0.3) is 0 Å². The molecule has 0 aromatic carbocycles. The predicted octanol–water partition coefficient (Wildman–Crippen LogP) is 3.03. The highest BCUT2D eigenvalue weighted by atomic mass is 32.1. The van der Waals surface area contributed by atoms with Crippen LogP contribution in [0, 0.1) is 0 Å². The molecule has 100 valence electrons. The van der Waals surface area contributed by atoms with Crippen LogP contribution in [0.1, 0.15) is 36.9 Å². The van der Waals surface area contributed by atoms with E-state index in [2.05, 4.69) is 0 Å². The van der Waals surface area contributed by atoms with Gasteiger partial charge in [0.05, 0.1) is 12.7 Å². The number of ether oxygens (including phenoxy) is 1. The number of esters is 1. The highest BCUT2D eigenvalue weighted by Crippen LogP contribution is 2.25. The van der Waals surface area contributed by atoms with E-state index in [9.17, 15) is 9.90 Å². The lowest BCUT2D eigenvalue weighted by Crippen LogP contribution is -2.00. The van der Waals surface area contributed by atoms with Crippen LogP contribution in [0.25, 0.3) is 5.57 Å². The van der Waals surface area contributed by atoms with Gasteiger partial charge in [0.2, 0.25) is 0 Å². The maximum Gasteiger partial charge on any atom is 0.331 e. The summed E-state index contributed by atoms with van der Waals surface area (Å²) >= 11 is 1.66. The van der Waals surface area contributed by atoms with Crippen molar-refractivity contribution in [2.24, 2.45) is 0 Å². The minimum absolute atomic E-state index is 0.272. The van der Waals surface area contributed by atoms with E-state index in [0.29, 0.717) is 6.61 Å². The third kappa shape index (κ3) is 5.02. The fourth-order valence-electron chi connectivity index (χ4n) is 1.51. The molecule has 0 radical (unpaired) electrons. The van der Waals surface area contributed by atoms with Gasteiger partial charge in [-0.15, -0.1) is 11.3 Å². The molecule has 1 atom stereocenters. The second kappa shape index (κ2) is 7.34. The normalized spacial score (nSPS) is 13.4. The van der Waals surface area contributed by atoms with Crippen LogP contribution in [0.3, 0.4) is 0 Å². The third-order valence-electron chi connectivity index (χ3n) is 2.48. The van der Waals surface area contributed by atoms with Crippen molar-refractivity contribution in [3.8, 4) is 0 Å². The van der Waals surface area contributed by atoms with Crippen molar-refractivity contribution < 1.29 is 14.6 Å². The molecule has 1 heterocycles. The average molecular weight is 268 g/mol. The van der Waals surface area contributed by atoms with Crippen molar-refractivity contribution in [2.45, 2.75) is 39.7 Å². The van der Waals surface area contributed by atoms with Gasteiger partial charge < -0.3 is 9.84 Å². The Kier molecular flexibility index (Phi) is 6.09. The summed E-state index contributed by atoms with van der Waals surface area (Å²) in [6.45, 7) is 5.88. The van der Waals surface area contributed by atoms with Crippen LogP contribution < -0.4 is 0 Å². The molecular formula is C14H20O3S. The summed E-state index contributed by atoms with van der Waals surface area (Å²) in [7, 11) is 0. The fourth-order valence-corrected chi connectivity index (χ4v) is 2.50. The van der Waals surface area contributed by atoms with Gasteiger partial charge in [-0.3, -0.25) is 0 Å². The van der Waals surface area contributed by atoms with Gasteiger partial charge in [-0.05, 0) is 51.3 Å². The largest absolute Gasteiger partial charge is 0.463 e. The molecule has 0 aliphatic heterocycles. The molecule has 1 aromatic heterocycles. The number of hydrogen-bond donors (Lipinski definition) is 1. The van der Waals surface area contributed by atoms with E-state index in [0.717, 1.165) is 23.3 Å². The van der Waals surface area contributed by atoms with E-state index >= 15 is 0 Å². The molecule has 0 spiro atoms. The summed E-state index contributed by atoms with van der Waals surface area (Å²) in [5, 5.41) is 9.24. The fraction of sp³-hybridized carbons (Fsp3) is 0.500. The van der Waals surface area contributed by atoms with Crippen LogP contribution in [0.4, 0.5) is 0 Å². The molecule has 4 heteroatoms. The topological polar surface area (TPSA) is 46.5 Å². The molecular weight excluding hydrogens is 248 g/mol. The Labute approximate surface area is 112 Å². The zero-order chi connectivity index (χ0) is 13.5. The number of rotatable bonds is 6. The zero-order valence-electron chi connectivity index (χ0n) is 11.1. The van der Waals surface area contributed by atoms with Crippen molar-refractivity contribution in [2.75, 3.05) is 6.61 Å². The van der Waals surface area contributed by atoms with Crippen LogP contribution >= 0.6 is 11.3 Å². The number of aliphatic hydroxyl groups is 1. The quantitative estimate of drug-likeness (QED) is 0.637. The van der Waals surface area contributed by atoms with E-state index in [1.165, 1.54) is 11.0 Å². The SMILES string of the molecule is CCOC(=O)/C=C(\C)c1ccc(CCC(C)O)s1. The van der Waals surface area contributed by atoms with Crippen molar-refractivity contribution in [1.82, 2.24) is 0 Å². The molecule has 3 nitrogen and oxygen atoms in total. The van der Waals surface area contributed by atoms with Crippen molar-refractivity contribution in [3.05, 3.63) is 28.0 Å². The summed E-state index contributed by atoms with van der Waals surface area (Å²) in [5.74, 6) is -0.297. The van der Waals surface area contributed by atoms with Crippen LogP contribution in [0.2, 0.25) is 0 Å². The van der Waals surface area contributed by atoms with E-state index < -0.39 is 0 Å². The predicted molar refractivity (Wildman–Crippen MR) is 74.6 cm³/mol. The zero-order valence-corrected chi connectivity index (χ0v) is 11.9. The van der Waals surface area contributed by atoms with Crippen molar-refractivity contribution in [1.29, 1.82) is 0 Å². The molecule has 0 amide bonds. The van der Waals surface area contributed by atoms with Gasteiger partial charge in [-0.2, -0.15) is 0 Å². The number of carbonyl (C=O) groups excluding carboxylic acids is 1. The van der Waals surface area contributed by atoms with Crippen LogP contribution in [-0.4, -0.2) is 23.8 Å². The van der Waals surface area contributed by atoms with Crippen molar-refractivity contribution >= 4 is 22.9 Å². The number of aryl methyl sites for hydroxylation is 1. The van der Waals surface area contributed by atoms with Crippen LogP contribution in [-0.2, 0) is 16.0 Å². The summed E-state index contributed by atoms with van der Waals surface area (Å²) < 4.78 is 4.88. The lowest BCUT2D eigenvalue weighted by atomic mass is 10.2. The summed E-state index contributed by atoms with van der Waals surface area (Å²) in [5.41, 5.74) is 0.918. The molecule has 0 fully saturated rings. The Bertz CT molecular complexity index is 418. The number of carbonyl (C=O) groups is 1. The van der Waals surface area contributed by atoms with Gasteiger partial charge in [-0.25, -0.2) is 4.79 Å². The molecule has 0 saturated carbocycles. The second-order valence-electron chi connectivity index (χ2n) is 4.23. The first-order valence-corrected chi connectivity index (χ1v) is 6.96. The highest BCUT2D eigenvalue weighted by Gasteiger charge is 2.05. The average Bonchev–Trinajstić information content (AvgIpc) is 2.75. The van der Waals surface area contributed by atoms with Gasteiger partial charge >= 0.3 is 5.97 Å². The van der Waals surface area contributed by atoms with Crippen LogP contribution in [0.5, 0.6) is 0 Å². The maximum absolute atomic E-state index is 11.3. The van der Waals surface area contributed by atoms with Gasteiger partial charge in [-0.1, -0.05) is 0 Å². The van der Waals surface area contributed by atoms with E-state index in [-0.39, 0.29) is 12.1 Å². The second-order valence-corrected chi connectivity index (χ2v) is 5.40. The molecule has 18 heavy (non-hydrogen) atoms. The monoisotopic (exact) mass is 268 g/mol. The van der Waals surface area contributed by atoms with Gasteiger partial charge in [0, 0.05) is 15.8 Å². The van der Waals surface area contributed by atoms with Gasteiger partial charge in [0.1, 0.15) is 0 Å². The maximum atomic E-state index is 11.3. The minimum Gasteiger partial charge on any atom is -0.463 e. The Morgan fingerprint density at radius 3 is 2.89 bits per heavy atom. The minimum atomic E-state index is -0.297. The Hall–Kier alpha value is -1.13. The Morgan fingerprint density at radius 2 is 2.28 bits per heavy atom. The molecule has 1 unspecified atom stereocenters. The van der Waals surface area contributed by atoms with Crippen LogP contribution in [0.15, 0.2) is 18.2 Å². The Morgan fingerprint density at radius 1 is 1.56 bits per heavy atom. The molecule has 0 aliphatic carbocycles. The first-order valence-electron chi connectivity index (χ1n) is 6.15. The number of hydrogen-bond acceptors (Lipinski definition) is 4. The van der Waals surface area contributed by atoms with E-state index in [1.54, 1.807) is 25.2 Å². The molecule has 0 aliphatic rings. The lowest BCUT2D eigenvalue weighted by Gasteiger charge is -2.01. The molecule has 0 bridgehead atoms. The smallest absolute Gasteiger partial charge is 0.331 e. The molecule has 1 rings (SSSR count). The number of allylic oxidation sites excluding steroid dienone is 1. The molecule has 1 N–H and O–H groups in total. The first-order chi connectivity index (χ1) is 8.52. The number of aliphatic hydroxyl groups excluding tert-OH is 1. The summed E-state index contributed by atoms with van der Waals surface area (Å²) in [6, 6.07) is 4.05. The molecule has 1 aromatic rings. The van der Waals surface area contributed by atoms with Crippen molar-refractivity contribution in [3.63, 3.8) is 0 Å². The first kappa shape index (κ1) is 14.9. The summed E-state index contributed by atoms with van der Waals surface area (Å²) in [6.07, 6.45) is 2.88. The molecule has 0 saturated heterocycles. The standard InChI is InChI=1S/C14H20O3S/c1-4-17-14(16)9-10(2)13-8-7-12(18-13)6-5-11(3)15/h7-9,11,15H,4-6H2,1-3H3/b10-9+. The lowest BCUT2D eigenvalue weighted by molar-refractivity contribution is -0.137. The van der Waals surface area contributed by atoms with E-state index in [1.807, 2.05) is 19.1 Å². The van der Waals surface area contributed by atoms with Gasteiger partial charge in [0.15, 0.2) is 0 Å². The summed E-state index contributed by atoms with van der Waals surface area (Å²) in [4.78, 5) is 13.6.